The highest BCUT2D eigenvalue weighted by molar-refractivity contribution is 7.92. The molecule has 2 aromatic carbocycles. The molecule has 1 aromatic heterocycles. The summed E-state index contributed by atoms with van der Waals surface area (Å²) >= 11 is 7.10. The van der Waals surface area contributed by atoms with Crippen LogP contribution in [-0.2, 0) is 16.6 Å². The minimum Gasteiger partial charge on any atom is -0.493 e. The summed E-state index contributed by atoms with van der Waals surface area (Å²) in [6, 6.07) is 10.9. The molecule has 0 saturated heterocycles. The van der Waals surface area contributed by atoms with Crippen molar-refractivity contribution < 1.29 is 22.6 Å². The van der Waals surface area contributed by atoms with Crippen LogP contribution in [0.3, 0.4) is 0 Å². The van der Waals surface area contributed by atoms with Gasteiger partial charge >= 0.3 is 0 Å². The lowest BCUT2D eigenvalue weighted by atomic mass is 10.3. The topological polar surface area (TPSA) is 86.8 Å². The number of methoxy groups -OCH3 is 2. The number of ether oxygens (including phenoxy) is 3. The zero-order valence-corrected chi connectivity index (χ0v) is 17.4. The van der Waals surface area contributed by atoms with E-state index < -0.39 is 10.0 Å². The van der Waals surface area contributed by atoms with Crippen LogP contribution in [-0.4, -0.2) is 27.6 Å². The Balaban J connectivity index is 1.69. The molecule has 3 rings (SSSR count). The van der Waals surface area contributed by atoms with E-state index in [-0.39, 0.29) is 4.90 Å². The second-order valence-corrected chi connectivity index (χ2v) is 8.89. The summed E-state index contributed by atoms with van der Waals surface area (Å²) < 4.78 is 44.1. The maximum atomic E-state index is 12.6. The summed E-state index contributed by atoms with van der Waals surface area (Å²) in [6.07, 6.45) is 1.64. The van der Waals surface area contributed by atoms with E-state index in [0.717, 1.165) is 4.88 Å². The number of nitrogens with zero attached hydrogens (tertiary/aromatic N) is 1. The van der Waals surface area contributed by atoms with Crippen LogP contribution in [0, 0.1) is 0 Å². The lowest BCUT2D eigenvalue weighted by molar-refractivity contribution is 0.309. The minimum atomic E-state index is -3.77. The van der Waals surface area contributed by atoms with E-state index in [2.05, 4.69) is 9.71 Å². The van der Waals surface area contributed by atoms with Crippen LogP contribution in [0.15, 0.2) is 53.6 Å². The fraction of sp³-hybridized carbons (Fsp3) is 0.167. The normalized spacial score (nSPS) is 11.1. The molecular weight excluding hydrogens is 424 g/mol. The first-order valence-electron chi connectivity index (χ1n) is 7.99. The number of benzene rings is 2. The summed E-state index contributed by atoms with van der Waals surface area (Å²) in [6.45, 7) is 0.306. The van der Waals surface area contributed by atoms with Crippen molar-refractivity contribution in [2.24, 2.45) is 0 Å². The molecule has 0 fully saturated rings. The minimum absolute atomic E-state index is 0.107. The van der Waals surface area contributed by atoms with Gasteiger partial charge in [-0.15, -0.1) is 11.3 Å². The van der Waals surface area contributed by atoms with Gasteiger partial charge < -0.3 is 14.2 Å². The zero-order valence-electron chi connectivity index (χ0n) is 15.0. The van der Waals surface area contributed by atoms with Gasteiger partial charge in [-0.1, -0.05) is 11.6 Å². The second kappa shape index (κ2) is 8.68. The number of halogens is 1. The maximum Gasteiger partial charge on any atom is 0.261 e. The summed E-state index contributed by atoms with van der Waals surface area (Å²) in [7, 11) is -0.776. The van der Waals surface area contributed by atoms with Crippen molar-refractivity contribution in [3.63, 3.8) is 0 Å². The van der Waals surface area contributed by atoms with E-state index in [1.165, 1.54) is 37.7 Å². The molecule has 10 heteroatoms. The van der Waals surface area contributed by atoms with Gasteiger partial charge in [-0.25, -0.2) is 13.4 Å². The van der Waals surface area contributed by atoms with Gasteiger partial charge in [0.05, 0.1) is 29.7 Å². The Morgan fingerprint density at radius 3 is 2.39 bits per heavy atom. The van der Waals surface area contributed by atoms with Crippen molar-refractivity contribution >= 4 is 38.6 Å². The van der Waals surface area contributed by atoms with Crippen molar-refractivity contribution in [3.05, 3.63) is 58.0 Å². The molecule has 0 aliphatic rings. The highest BCUT2D eigenvalue weighted by Gasteiger charge is 2.16. The molecule has 0 aliphatic heterocycles. The summed E-state index contributed by atoms with van der Waals surface area (Å²) in [5.41, 5.74) is 0.361. The van der Waals surface area contributed by atoms with Gasteiger partial charge in [0.2, 0.25) is 0 Å². The van der Waals surface area contributed by atoms with Crippen LogP contribution < -0.4 is 18.9 Å². The van der Waals surface area contributed by atoms with Gasteiger partial charge in [0.1, 0.15) is 12.4 Å². The predicted octanol–water partition coefficient (Wildman–Crippen LogP) is 4.19. The van der Waals surface area contributed by atoms with Crippen LogP contribution in [0.1, 0.15) is 4.88 Å². The maximum absolute atomic E-state index is 12.6. The molecule has 1 heterocycles. The highest BCUT2D eigenvalue weighted by atomic mass is 35.5. The first kappa shape index (κ1) is 20.2. The molecule has 28 heavy (non-hydrogen) atoms. The van der Waals surface area contributed by atoms with Crippen LogP contribution >= 0.6 is 22.9 Å². The van der Waals surface area contributed by atoms with Crippen LogP contribution in [0.2, 0.25) is 4.47 Å². The van der Waals surface area contributed by atoms with Gasteiger partial charge in [0.15, 0.2) is 16.0 Å². The molecular formula is C18H17ClN2O5S2. The molecule has 0 saturated carbocycles. The van der Waals surface area contributed by atoms with Gasteiger partial charge in [-0.2, -0.15) is 0 Å². The van der Waals surface area contributed by atoms with Crippen molar-refractivity contribution in [3.8, 4) is 17.2 Å². The fourth-order valence-electron chi connectivity index (χ4n) is 2.33. The summed E-state index contributed by atoms with van der Waals surface area (Å²) in [5.74, 6) is 1.47. The largest absolute Gasteiger partial charge is 0.493 e. The molecule has 1 N–H and O–H groups in total. The third kappa shape index (κ3) is 4.86. The molecule has 0 spiro atoms. The molecule has 0 atom stereocenters. The zero-order chi connectivity index (χ0) is 20.1. The van der Waals surface area contributed by atoms with Crippen molar-refractivity contribution in [2.75, 3.05) is 18.9 Å². The summed E-state index contributed by atoms with van der Waals surface area (Å²) in [5, 5.41) is 0. The van der Waals surface area contributed by atoms with E-state index in [4.69, 9.17) is 25.8 Å². The molecule has 0 bridgehead atoms. The predicted molar refractivity (Wildman–Crippen MR) is 108 cm³/mol. The number of sulfonamides is 1. The lowest BCUT2D eigenvalue weighted by Gasteiger charge is -2.12. The Kier molecular flexibility index (Phi) is 6.28. The Labute approximate surface area is 171 Å². The lowest BCUT2D eigenvalue weighted by Crippen LogP contribution is -2.13. The van der Waals surface area contributed by atoms with Crippen molar-refractivity contribution in [1.82, 2.24) is 4.98 Å². The first-order chi connectivity index (χ1) is 13.4. The molecule has 7 nitrogen and oxygen atoms in total. The SMILES string of the molecule is COc1ccc(NS(=O)(=O)c2ccc(OCc3cnc(Cl)s3)cc2)cc1OC. The molecule has 0 aliphatic carbocycles. The van der Waals surface area contributed by atoms with E-state index in [9.17, 15) is 8.42 Å². The Morgan fingerprint density at radius 2 is 1.79 bits per heavy atom. The average molecular weight is 441 g/mol. The Morgan fingerprint density at radius 1 is 1.07 bits per heavy atom. The molecule has 148 valence electrons. The smallest absolute Gasteiger partial charge is 0.261 e. The first-order valence-corrected chi connectivity index (χ1v) is 10.7. The van der Waals surface area contributed by atoms with Gasteiger partial charge in [-0.3, -0.25) is 4.72 Å². The van der Waals surface area contributed by atoms with Crippen LogP contribution in [0.4, 0.5) is 5.69 Å². The molecule has 0 radical (unpaired) electrons. The van der Waals surface area contributed by atoms with Crippen LogP contribution in [0.25, 0.3) is 0 Å². The number of nitrogens with one attached hydrogen (secondary N) is 1. The number of rotatable bonds is 8. The molecule has 3 aromatic rings. The summed E-state index contributed by atoms with van der Waals surface area (Å²) in [4.78, 5) is 4.92. The van der Waals surface area contributed by atoms with E-state index >= 15 is 0 Å². The standard InChI is InChI=1S/C18H17ClN2O5S2/c1-24-16-8-3-12(9-17(16)25-2)21-28(22,23)15-6-4-13(5-7-15)26-11-14-10-20-18(19)27-14/h3-10,21H,11H2,1-2H3. The Hall–Kier alpha value is -2.49. The molecule has 0 amide bonds. The van der Waals surface area contributed by atoms with E-state index in [1.54, 1.807) is 36.5 Å². The number of aromatic nitrogens is 1. The van der Waals surface area contributed by atoms with Gasteiger partial charge in [0.25, 0.3) is 10.0 Å². The monoisotopic (exact) mass is 440 g/mol. The van der Waals surface area contributed by atoms with Crippen LogP contribution in [0.5, 0.6) is 17.2 Å². The highest BCUT2D eigenvalue weighted by Crippen LogP contribution is 2.31. The number of anilines is 1. The average Bonchev–Trinajstić information content (AvgIpc) is 3.11. The van der Waals surface area contributed by atoms with E-state index in [1.807, 2.05) is 0 Å². The van der Waals surface area contributed by atoms with Gasteiger partial charge in [-0.05, 0) is 36.4 Å². The third-order valence-electron chi connectivity index (χ3n) is 3.68. The number of hydrogen-bond donors (Lipinski definition) is 1. The Bertz CT molecular complexity index is 1050. The van der Waals surface area contributed by atoms with E-state index in [0.29, 0.717) is 34.0 Å². The van der Waals surface area contributed by atoms with Gasteiger partial charge in [0, 0.05) is 12.3 Å². The molecule has 0 unspecified atom stereocenters. The van der Waals surface area contributed by atoms with Crippen molar-refractivity contribution in [1.29, 1.82) is 0 Å². The number of thiazole rings is 1. The third-order valence-corrected chi connectivity index (χ3v) is 6.16. The second-order valence-electron chi connectivity index (χ2n) is 5.51. The fourth-order valence-corrected chi connectivity index (χ4v) is 4.27. The van der Waals surface area contributed by atoms with Crippen molar-refractivity contribution in [2.45, 2.75) is 11.5 Å². The number of hydrogen-bond acceptors (Lipinski definition) is 7. The quantitative estimate of drug-likeness (QED) is 0.565.